The zero-order valence-corrected chi connectivity index (χ0v) is 18.3. The first-order valence-electron chi connectivity index (χ1n) is 11.2. The lowest BCUT2D eigenvalue weighted by Crippen LogP contribution is -2.31. The summed E-state index contributed by atoms with van der Waals surface area (Å²) in [4.78, 5) is 13.4. The van der Waals surface area contributed by atoms with E-state index in [0.29, 0.717) is 28.6 Å². The van der Waals surface area contributed by atoms with Gasteiger partial charge in [0.15, 0.2) is 17.4 Å². The summed E-state index contributed by atoms with van der Waals surface area (Å²) in [5.74, 6) is 0.810. The van der Waals surface area contributed by atoms with E-state index in [2.05, 4.69) is 21.4 Å². The van der Waals surface area contributed by atoms with E-state index in [-0.39, 0.29) is 12.6 Å². The number of rotatable bonds is 6. The molecule has 0 bridgehead atoms. The number of anilines is 1. The summed E-state index contributed by atoms with van der Waals surface area (Å²) in [6.45, 7) is 1.96. The van der Waals surface area contributed by atoms with E-state index in [1.54, 1.807) is 23.6 Å². The second-order valence-corrected chi connectivity index (χ2v) is 8.59. The number of imidazole rings is 1. The highest BCUT2D eigenvalue weighted by Gasteiger charge is 2.43. The maximum absolute atomic E-state index is 10.7. The van der Waals surface area contributed by atoms with Crippen LogP contribution in [0.2, 0.25) is 0 Å². The van der Waals surface area contributed by atoms with Crippen molar-refractivity contribution in [1.82, 2.24) is 19.5 Å². The maximum Gasteiger partial charge on any atom is 0.245 e. The lowest BCUT2D eigenvalue weighted by atomic mass is 10.1. The molecule has 2 aromatic heterocycles. The fraction of sp³-hybridized carbons (Fsp3) is 0.478. The molecule has 2 aliphatic rings. The first-order valence-corrected chi connectivity index (χ1v) is 11.2. The molecule has 0 spiro atoms. The summed E-state index contributed by atoms with van der Waals surface area (Å²) in [6, 6.07) is 9.48. The molecule has 1 aromatic carbocycles. The van der Waals surface area contributed by atoms with Crippen molar-refractivity contribution in [2.24, 2.45) is 0 Å². The molecule has 1 aliphatic carbocycles. The van der Waals surface area contributed by atoms with Gasteiger partial charge in [-0.05, 0) is 37.5 Å². The average molecular weight is 450 g/mol. The topological polar surface area (TPSA) is 138 Å². The fourth-order valence-electron chi connectivity index (χ4n) is 4.46. The molecule has 3 N–H and O–H groups in total. The molecular weight excluding hydrogens is 424 g/mol. The number of aliphatic hydroxyl groups excluding tert-OH is 2. The molecule has 1 aliphatic heterocycles. The van der Waals surface area contributed by atoms with Crippen LogP contribution in [0.1, 0.15) is 50.0 Å². The van der Waals surface area contributed by atoms with Gasteiger partial charge in [-0.25, -0.2) is 9.97 Å². The molecule has 4 atom stereocenters. The number of nitriles is 1. The Labute approximate surface area is 190 Å². The molecular formula is C23H26N6O4. The predicted molar refractivity (Wildman–Crippen MR) is 118 cm³/mol. The summed E-state index contributed by atoms with van der Waals surface area (Å²) in [5.41, 5.74) is 2.36. The van der Waals surface area contributed by atoms with Gasteiger partial charge in [-0.3, -0.25) is 4.57 Å². The molecule has 5 rings (SSSR count). The molecule has 10 nitrogen and oxygen atoms in total. The van der Waals surface area contributed by atoms with E-state index >= 15 is 0 Å². The van der Waals surface area contributed by atoms with Gasteiger partial charge < -0.3 is 25.0 Å². The van der Waals surface area contributed by atoms with Gasteiger partial charge in [0.1, 0.15) is 25.1 Å². The number of aromatic nitrogens is 4. The lowest BCUT2D eigenvalue weighted by Gasteiger charge is -2.21. The molecule has 0 unspecified atom stereocenters. The van der Waals surface area contributed by atoms with Crippen LogP contribution >= 0.6 is 0 Å². The molecule has 10 heteroatoms. The highest BCUT2D eigenvalue weighted by molar-refractivity contribution is 5.79. The summed E-state index contributed by atoms with van der Waals surface area (Å²) in [7, 11) is 0. The Balaban J connectivity index is 1.49. The van der Waals surface area contributed by atoms with E-state index in [9.17, 15) is 10.2 Å². The zero-order valence-electron chi connectivity index (χ0n) is 18.3. The number of hydrogen-bond acceptors (Lipinski definition) is 9. The van der Waals surface area contributed by atoms with Gasteiger partial charge in [-0.15, -0.1) is 0 Å². The van der Waals surface area contributed by atoms with Crippen molar-refractivity contribution in [3.05, 3.63) is 41.7 Å². The Bertz CT molecular complexity index is 1170. The third kappa shape index (κ3) is 4.11. The lowest BCUT2D eigenvalue weighted by molar-refractivity contribution is -0.0287. The number of fused-ring (bicyclic) bond motifs is 1. The van der Waals surface area contributed by atoms with Crippen LogP contribution in [0.3, 0.4) is 0 Å². The second-order valence-electron chi connectivity index (χ2n) is 8.59. The highest BCUT2D eigenvalue weighted by Crippen LogP contribution is 2.36. The Hall–Kier alpha value is -3.26. The summed E-state index contributed by atoms with van der Waals surface area (Å²) < 4.78 is 13.5. The van der Waals surface area contributed by atoms with Crippen LogP contribution in [-0.4, -0.2) is 54.1 Å². The number of aliphatic hydroxyl groups is 2. The van der Waals surface area contributed by atoms with Crippen molar-refractivity contribution in [3.63, 3.8) is 0 Å². The minimum atomic E-state index is -1.13. The predicted octanol–water partition coefficient (Wildman–Crippen LogP) is 2.27. The highest BCUT2D eigenvalue weighted by atomic mass is 16.6. The molecule has 3 heterocycles. The average Bonchev–Trinajstić information content (AvgIpc) is 3.53. The van der Waals surface area contributed by atoms with Gasteiger partial charge in [-0.2, -0.15) is 10.2 Å². The molecule has 0 amide bonds. The van der Waals surface area contributed by atoms with Crippen LogP contribution in [0.5, 0.6) is 5.88 Å². The molecule has 172 valence electrons. The Morgan fingerprint density at radius 2 is 1.94 bits per heavy atom. The van der Waals surface area contributed by atoms with Crippen LogP contribution in [0.15, 0.2) is 30.6 Å². The molecule has 0 radical (unpaired) electrons. The number of hydrogen-bond donors (Lipinski definition) is 3. The Morgan fingerprint density at radius 3 is 2.61 bits per heavy atom. The van der Waals surface area contributed by atoms with Gasteiger partial charge in [0.2, 0.25) is 11.8 Å². The van der Waals surface area contributed by atoms with Crippen molar-refractivity contribution in [2.45, 2.75) is 69.8 Å². The van der Waals surface area contributed by atoms with Crippen molar-refractivity contribution < 1.29 is 19.7 Å². The van der Waals surface area contributed by atoms with E-state index in [1.807, 2.05) is 12.1 Å². The maximum atomic E-state index is 10.7. The van der Waals surface area contributed by atoms with Crippen molar-refractivity contribution in [2.75, 3.05) is 5.32 Å². The Kier molecular flexibility index (Phi) is 5.85. The van der Waals surface area contributed by atoms with Gasteiger partial charge in [-0.1, -0.05) is 25.0 Å². The number of nitrogens with one attached hydrogen (secondary N) is 1. The van der Waals surface area contributed by atoms with E-state index in [0.717, 1.165) is 31.2 Å². The summed E-state index contributed by atoms with van der Waals surface area (Å²) in [6.07, 6.45) is 2.23. The monoisotopic (exact) mass is 450 g/mol. The van der Waals surface area contributed by atoms with Crippen LogP contribution in [0.25, 0.3) is 11.2 Å². The molecule has 3 aromatic rings. The SMILES string of the molecule is C[C@H]1O[C@@H](n2c(NC3CCCC3)nc3c(OCc4ccc(C#N)cc4)ncnc32)[C@H](O)[C@@H]1O. The summed E-state index contributed by atoms with van der Waals surface area (Å²) in [5, 5.41) is 33.4. The smallest absolute Gasteiger partial charge is 0.245 e. The van der Waals surface area contributed by atoms with Crippen LogP contribution in [-0.2, 0) is 11.3 Å². The van der Waals surface area contributed by atoms with Gasteiger partial charge in [0.05, 0.1) is 17.7 Å². The van der Waals surface area contributed by atoms with Crippen molar-refractivity contribution in [1.29, 1.82) is 5.26 Å². The fourth-order valence-corrected chi connectivity index (χ4v) is 4.46. The van der Waals surface area contributed by atoms with E-state index < -0.39 is 24.5 Å². The molecule has 33 heavy (non-hydrogen) atoms. The molecule has 2 fully saturated rings. The van der Waals surface area contributed by atoms with Gasteiger partial charge in [0.25, 0.3) is 0 Å². The summed E-state index contributed by atoms with van der Waals surface area (Å²) >= 11 is 0. The standard InChI is InChI=1S/C23H26N6O4/c1-13-18(30)19(31)22(33-13)29-20-17(28-23(29)27-16-4-2-3-5-16)21(26-12-25-20)32-11-15-8-6-14(10-24)7-9-15/h6-9,12-13,16,18-19,22,30-31H,2-5,11H2,1H3,(H,27,28)/t13-,18-,19-,22-/m1/s1. The number of nitrogens with zero attached hydrogens (tertiary/aromatic N) is 5. The van der Waals surface area contributed by atoms with Crippen LogP contribution < -0.4 is 10.1 Å². The largest absolute Gasteiger partial charge is 0.471 e. The first-order chi connectivity index (χ1) is 16.0. The number of ether oxygens (including phenoxy) is 2. The van der Waals surface area contributed by atoms with Crippen LogP contribution in [0, 0.1) is 11.3 Å². The van der Waals surface area contributed by atoms with E-state index in [4.69, 9.17) is 19.7 Å². The van der Waals surface area contributed by atoms with Gasteiger partial charge in [0, 0.05) is 6.04 Å². The van der Waals surface area contributed by atoms with E-state index in [1.165, 1.54) is 6.33 Å². The van der Waals surface area contributed by atoms with Crippen LogP contribution in [0.4, 0.5) is 5.95 Å². The minimum Gasteiger partial charge on any atom is -0.471 e. The quantitative estimate of drug-likeness (QED) is 0.516. The molecule has 1 saturated carbocycles. The Morgan fingerprint density at radius 1 is 1.18 bits per heavy atom. The van der Waals surface area contributed by atoms with Crippen molar-refractivity contribution in [3.8, 4) is 11.9 Å². The van der Waals surface area contributed by atoms with Crippen molar-refractivity contribution >= 4 is 17.1 Å². The first kappa shape index (κ1) is 21.6. The zero-order chi connectivity index (χ0) is 22.9. The second kappa shape index (κ2) is 8.94. The third-order valence-electron chi connectivity index (χ3n) is 6.32. The van der Waals surface area contributed by atoms with Gasteiger partial charge >= 0.3 is 0 Å². The minimum absolute atomic E-state index is 0.244. The normalized spacial score (nSPS) is 25.4. The third-order valence-corrected chi connectivity index (χ3v) is 6.32. The molecule has 1 saturated heterocycles. The number of benzene rings is 1.